The first-order valence-corrected chi connectivity index (χ1v) is 7.10. The zero-order chi connectivity index (χ0) is 13.5. The maximum Gasteiger partial charge on any atom is 0.224 e. The molecule has 0 bridgehead atoms. The summed E-state index contributed by atoms with van der Waals surface area (Å²) in [7, 11) is 0. The van der Waals surface area contributed by atoms with Gasteiger partial charge in [-0.25, -0.2) is 9.97 Å². The van der Waals surface area contributed by atoms with Crippen molar-refractivity contribution in [2.45, 2.75) is 40.5 Å². The summed E-state index contributed by atoms with van der Waals surface area (Å²) in [5.41, 5.74) is 0. The number of halogens is 1. The van der Waals surface area contributed by atoms with Gasteiger partial charge in [0.2, 0.25) is 5.28 Å². The summed E-state index contributed by atoms with van der Waals surface area (Å²) in [5.74, 6) is 2.34. The van der Waals surface area contributed by atoms with Crippen LogP contribution in [0.5, 0.6) is 0 Å². The third kappa shape index (κ3) is 5.67. The number of hydrogen-bond acceptors (Lipinski definition) is 3. The van der Waals surface area contributed by atoms with Crippen LogP contribution >= 0.6 is 11.6 Å². The zero-order valence-corrected chi connectivity index (χ0v) is 12.6. The molecule has 0 amide bonds. The molecular formula is C14H24ClN3. The smallest absolute Gasteiger partial charge is 0.224 e. The SMILES string of the molecule is CC(C)CCN(CCC(C)C)c1ccnc(Cl)n1. The van der Waals surface area contributed by atoms with Gasteiger partial charge in [0.1, 0.15) is 5.82 Å². The molecule has 0 aliphatic carbocycles. The standard InChI is InChI=1S/C14H24ClN3/c1-11(2)6-9-18(10-7-12(3)4)13-5-8-16-14(15)17-13/h5,8,11-12H,6-7,9-10H2,1-4H3. The van der Waals surface area contributed by atoms with Gasteiger partial charge in [0.15, 0.2) is 0 Å². The number of anilines is 1. The third-order valence-corrected chi connectivity index (χ3v) is 3.07. The van der Waals surface area contributed by atoms with Crippen molar-refractivity contribution in [3.8, 4) is 0 Å². The second-order valence-corrected chi connectivity index (χ2v) is 5.87. The second-order valence-electron chi connectivity index (χ2n) is 5.54. The third-order valence-electron chi connectivity index (χ3n) is 2.89. The molecule has 0 fully saturated rings. The molecule has 3 nitrogen and oxygen atoms in total. The lowest BCUT2D eigenvalue weighted by molar-refractivity contribution is 0.533. The monoisotopic (exact) mass is 269 g/mol. The molecule has 102 valence electrons. The molecule has 0 aliphatic heterocycles. The average molecular weight is 270 g/mol. The van der Waals surface area contributed by atoms with Gasteiger partial charge in [-0.2, -0.15) is 0 Å². The summed E-state index contributed by atoms with van der Waals surface area (Å²) in [4.78, 5) is 10.6. The summed E-state index contributed by atoms with van der Waals surface area (Å²) in [5, 5.41) is 0.326. The average Bonchev–Trinajstić information content (AvgIpc) is 2.28. The van der Waals surface area contributed by atoms with Crippen LogP contribution in [0, 0.1) is 11.8 Å². The van der Waals surface area contributed by atoms with E-state index in [0.717, 1.165) is 18.9 Å². The van der Waals surface area contributed by atoms with Crippen molar-refractivity contribution in [2.24, 2.45) is 11.8 Å². The van der Waals surface area contributed by atoms with E-state index in [9.17, 15) is 0 Å². The minimum Gasteiger partial charge on any atom is -0.356 e. The fourth-order valence-electron chi connectivity index (χ4n) is 1.67. The fraction of sp³-hybridized carbons (Fsp3) is 0.714. The Labute approximate surface area is 116 Å². The van der Waals surface area contributed by atoms with Gasteiger partial charge < -0.3 is 4.90 Å². The van der Waals surface area contributed by atoms with Crippen molar-refractivity contribution >= 4 is 17.4 Å². The Morgan fingerprint density at radius 2 is 1.67 bits per heavy atom. The van der Waals surface area contributed by atoms with Crippen molar-refractivity contribution in [3.05, 3.63) is 17.5 Å². The van der Waals surface area contributed by atoms with Crippen molar-refractivity contribution in [1.82, 2.24) is 9.97 Å². The van der Waals surface area contributed by atoms with E-state index < -0.39 is 0 Å². The molecule has 0 aromatic carbocycles. The van der Waals surface area contributed by atoms with Gasteiger partial charge in [0.05, 0.1) is 0 Å². The van der Waals surface area contributed by atoms with E-state index in [1.807, 2.05) is 6.07 Å². The lowest BCUT2D eigenvalue weighted by Crippen LogP contribution is -2.28. The Morgan fingerprint density at radius 1 is 1.11 bits per heavy atom. The molecule has 0 atom stereocenters. The van der Waals surface area contributed by atoms with E-state index in [-0.39, 0.29) is 0 Å². The first kappa shape index (κ1) is 15.2. The molecule has 0 spiro atoms. The van der Waals surface area contributed by atoms with Gasteiger partial charge in [0.25, 0.3) is 0 Å². The van der Waals surface area contributed by atoms with Gasteiger partial charge in [-0.1, -0.05) is 27.7 Å². The molecule has 0 radical (unpaired) electrons. The maximum absolute atomic E-state index is 5.87. The van der Waals surface area contributed by atoms with E-state index >= 15 is 0 Å². The number of hydrogen-bond donors (Lipinski definition) is 0. The summed E-state index contributed by atoms with van der Waals surface area (Å²) in [6, 6.07) is 1.94. The van der Waals surface area contributed by atoms with Crippen LogP contribution in [0.25, 0.3) is 0 Å². The molecule has 0 unspecified atom stereocenters. The van der Waals surface area contributed by atoms with E-state index in [2.05, 4.69) is 42.6 Å². The molecule has 1 aromatic heterocycles. The Hall–Kier alpha value is -0.830. The topological polar surface area (TPSA) is 29.0 Å². The van der Waals surface area contributed by atoms with Crippen LogP contribution < -0.4 is 4.90 Å². The number of nitrogens with zero attached hydrogens (tertiary/aromatic N) is 3. The fourth-order valence-corrected chi connectivity index (χ4v) is 1.81. The van der Waals surface area contributed by atoms with Crippen LogP contribution in [0.1, 0.15) is 40.5 Å². The zero-order valence-electron chi connectivity index (χ0n) is 11.9. The highest BCUT2D eigenvalue weighted by Crippen LogP contribution is 2.16. The molecule has 0 N–H and O–H groups in total. The second kappa shape index (κ2) is 7.57. The highest BCUT2D eigenvalue weighted by Gasteiger charge is 2.10. The summed E-state index contributed by atoms with van der Waals surface area (Å²) in [6.07, 6.45) is 4.06. The molecule has 1 aromatic rings. The predicted octanol–water partition coefficient (Wildman–Crippen LogP) is 4.03. The Kier molecular flexibility index (Phi) is 6.41. The molecule has 0 saturated heterocycles. The Bertz CT molecular complexity index is 341. The Morgan fingerprint density at radius 3 is 2.11 bits per heavy atom. The minimum atomic E-state index is 0.326. The van der Waals surface area contributed by atoms with Crippen molar-refractivity contribution in [3.63, 3.8) is 0 Å². The summed E-state index contributed by atoms with van der Waals surface area (Å²) < 4.78 is 0. The lowest BCUT2D eigenvalue weighted by atomic mass is 10.1. The van der Waals surface area contributed by atoms with E-state index in [4.69, 9.17) is 11.6 Å². The van der Waals surface area contributed by atoms with E-state index in [1.165, 1.54) is 12.8 Å². The van der Waals surface area contributed by atoms with Gasteiger partial charge in [0, 0.05) is 19.3 Å². The van der Waals surface area contributed by atoms with Crippen molar-refractivity contribution in [1.29, 1.82) is 0 Å². The van der Waals surface area contributed by atoms with Crippen molar-refractivity contribution < 1.29 is 0 Å². The highest BCUT2D eigenvalue weighted by atomic mass is 35.5. The van der Waals surface area contributed by atoms with Crippen LogP contribution in [0.3, 0.4) is 0 Å². The van der Waals surface area contributed by atoms with Crippen LogP contribution in [0.2, 0.25) is 5.28 Å². The first-order valence-electron chi connectivity index (χ1n) is 6.72. The van der Waals surface area contributed by atoms with Gasteiger partial charge >= 0.3 is 0 Å². The highest BCUT2D eigenvalue weighted by molar-refractivity contribution is 6.28. The number of aromatic nitrogens is 2. The van der Waals surface area contributed by atoms with Gasteiger partial charge in [-0.15, -0.1) is 0 Å². The van der Waals surface area contributed by atoms with E-state index in [0.29, 0.717) is 17.1 Å². The van der Waals surface area contributed by atoms with Crippen LogP contribution in [0.15, 0.2) is 12.3 Å². The molecular weight excluding hydrogens is 246 g/mol. The summed E-state index contributed by atoms with van der Waals surface area (Å²) >= 11 is 5.87. The summed E-state index contributed by atoms with van der Waals surface area (Å²) in [6.45, 7) is 11.0. The van der Waals surface area contributed by atoms with Crippen LogP contribution in [-0.2, 0) is 0 Å². The number of rotatable bonds is 7. The van der Waals surface area contributed by atoms with Crippen molar-refractivity contribution in [2.75, 3.05) is 18.0 Å². The molecule has 1 rings (SSSR count). The maximum atomic E-state index is 5.87. The molecule has 18 heavy (non-hydrogen) atoms. The van der Waals surface area contributed by atoms with Gasteiger partial charge in [-0.3, -0.25) is 0 Å². The normalized spacial score (nSPS) is 11.3. The molecule has 4 heteroatoms. The first-order chi connectivity index (χ1) is 8.49. The largest absolute Gasteiger partial charge is 0.356 e. The van der Waals surface area contributed by atoms with Crippen LogP contribution in [-0.4, -0.2) is 23.1 Å². The van der Waals surface area contributed by atoms with Gasteiger partial charge in [-0.05, 0) is 42.3 Å². The quantitative estimate of drug-likeness (QED) is 0.700. The Balaban J connectivity index is 2.69. The molecule has 1 heterocycles. The minimum absolute atomic E-state index is 0.326. The molecule has 0 saturated carbocycles. The van der Waals surface area contributed by atoms with E-state index in [1.54, 1.807) is 6.20 Å². The lowest BCUT2D eigenvalue weighted by Gasteiger charge is -2.25. The predicted molar refractivity (Wildman–Crippen MR) is 78.2 cm³/mol. The van der Waals surface area contributed by atoms with Crippen LogP contribution in [0.4, 0.5) is 5.82 Å². The molecule has 0 aliphatic rings.